The fraction of sp³-hybridized carbons (Fsp3) is 0.368. The van der Waals surface area contributed by atoms with Crippen molar-refractivity contribution in [2.75, 3.05) is 12.9 Å². The molecule has 2 heterocycles. The summed E-state index contributed by atoms with van der Waals surface area (Å²) in [5, 5.41) is 4.22. The van der Waals surface area contributed by atoms with Gasteiger partial charge in [0.1, 0.15) is 6.54 Å². The SMILES string of the molecule is CCOC(=O)Cn1c(=NC(=O)c2ccn(C(C)C)n2)sc2cc(S(C)(=O)=O)ccc21. The van der Waals surface area contributed by atoms with Crippen molar-refractivity contribution >= 4 is 43.3 Å². The molecular formula is C19H22N4O5S2. The van der Waals surface area contributed by atoms with E-state index in [4.69, 9.17) is 4.74 Å². The van der Waals surface area contributed by atoms with Gasteiger partial charge in [-0.25, -0.2) is 8.42 Å². The monoisotopic (exact) mass is 450 g/mol. The van der Waals surface area contributed by atoms with E-state index in [1.165, 1.54) is 12.1 Å². The van der Waals surface area contributed by atoms with Crippen LogP contribution >= 0.6 is 11.3 Å². The quantitative estimate of drug-likeness (QED) is 0.532. The van der Waals surface area contributed by atoms with Crippen LogP contribution in [0.2, 0.25) is 0 Å². The molecule has 1 amide bonds. The third kappa shape index (κ3) is 4.68. The van der Waals surface area contributed by atoms with Crippen molar-refractivity contribution in [3.8, 4) is 0 Å². The Morgan fingerprint density at radius 1 is 1.27 bits per heavy atom. The lowest BCUT2D eigenvalue weighted by Gasteiger charge is -2.05. The van der Waals surface area contributed by atoms with E-state index in [1.54, 1.807) is 34.5 Å². The molecule has 0 N–H and O–H groups in total. The Morgan fingerprint density at radius 2 is 2.00 bits per heavy atom. The number of fused-ring (bicyclic) bond motifs is 1. The van der Waals surface area contributed by atoms with Crippen LogP contribution in [0, 0.1) is 0 Å². The van der Waals surface area contributed by atoms with E-state index < -0.39 is 21.7 Å². The first kappa shape index (κ1) is 21.9. The predicted molar refractivity (Wildman–Crippen MR) is 112 cm³/mol. The molecule has 0 fully saturated rings. The van der Waals surface area contributed by atoms with Crippen LogP contribution in [-0.2, 0) is 25.9 Å². The summed E-state index contributed by atoms with van der Waals surface area (Å²) in [7, 11) is -3.41. The molecule has 0 aliphatic heterocycles. The van der Waals surface area contributed by atoms with Crippen molar-refractivity contribution in [1.82, 2.24) is 14.3 Å². The molecule has 30 heavy (non-hydrogen) atoms. The Bertz CT molecular complexity index is 1280. The van der Waals surface area contributed by atoms with Gasteiger partial charge in [-0.05, 0) is 45.0 Å². The summed E-state index contributed by atoms with van der Waals surface area (Å²) in [6, 6.07) is 6.24. The van der Waals surface area contributed by atoms with Crippen molar-refractivity contribution in [2.24, 2.45) is 4.99 Å². The molecule has 0 saturated carbocycles. The lowest BCUT2D eigenvalue weighted by atomic mass is 10.3. The van der Waals surface area contributed by atoms with Gasteiger partial charge < -0.3 is 9.30 Å². The number of sulfone groups is 1. The molecule has 11 heteroatoms. The lowest BCUT2D eigenvalue weighted by molar-refractivity contribution is -0.143. The molecule has 1 aromatic carbocycles. The van der Waals surface area contributed by atoms with Crippen LogP contribution in [0.5, 0.6) is 0 Å². The Kier molecular flexibility index (Phi) is 6.22. The Balaban J connectivity index is 2.13. The highest BCUT2D eigenvalue weighted by Crippen LogP contribution is 2.22. The summed E-state index contributed by atoms with van der Waals surface area (Å²) in [6.07, 6.45) is 2.82. The van der Waals surface area contributed by atoms with Crippen LogP contribution in [0.1, 0.15) is 37.3 Å². The van der Waals surface area contributed by atoms with Crippen LogP contribution in [0.3, 0.4) is 0 Å². The van der Waals surface area contributed by atoms with Gasteiger partial charge in [0.15, 0.2) is 20.3 Å². The van der Waals surface area contributed by atoms with Crippen LogP contribution in [-0.4, -0.2) is 47.5 Å². The number of esters is 1. The van der Waals surface area contributed by atoms with Gasteiger partial charge in [-0.3, -0.25) is 14.3 Å². The highest BCUT2D eigenvalue weighted by Gasteiger charge is 2.16. The van der Waals surface area contributed by atoms with Gasteiger partial charge in [0.05, 0.1) is 21.7 Å². The minimum atomic E-state index is -3.41. The average Bonchev–Trinajstić information content (AvgIpc) is 3.27. The Morgan fingerprint density at radius 3 is 2.60 bits per heavy atom. The Labute approximate surface area is 177 Å². The fourth-order valence-electron chi connectivity index (χ4n) is 2.74. The molecule has 9 nitrogen and oxygen atoms in total. The summed E-state index contributed by atoms with van der Waals surface area (Å²) in [6.45, 7) is 5.65. The van der Waals surface area contributed by atoms with Crippen molar-refractivity contribution in [1.29, 1.82) is 0 Å². The van der Waals surface area contributed by atoms with Crippen molar-refractivity contribution in [3.63, 3.8) is 0 Å². The first-order valence-corrected chi connectivity index (χ1v) is 11.9. The molecule has 0 unspecified atom stereocenters. The number of ether oxygens (including phenoxy) is 1. The van der Waals surface area contributed by atoms with E-state index >= 15 is 0 Å². The van der Waals surface area contributed by atoms with Crippen LogP contribution in [0.15, 0.2) is 40.4 Å². The lowest BCUT2D eigenvalue weighted by Crippen LogP contribution is -2.23. The summed E-state index contributed by atoms with van der Waals surface area (Å²) in [5.74, 6) is -1.04. The van der Waals surface area contributed by atoms with E-state index in [9.17, 15) is 18.0 Å². The number of carbonyl (C=O) groups excluding carboxylic acids is 2. The van der Waals surface area contributed by atoms with Gasteiger partial charge in [-0.1, -0.05) is 11.3 Å². The highest BCUT2D eigenvalue weighted by molar-refractivity contribution is 7.90. The van der Waals surface area contributed by atoms with Gasteiger partial charge in [-0.15, -0.1) is 0 Å². The molecule has 0 atom stereocenters. The highest BCUT2D eigenvalue weighted by atomic mass is 32.2. The molecule has 2 aromatic heterocycles. The van der Waals surface area contributed by atoms with E-state index in [0.29, 0.717) is 10.2 Å². The third-order valence-corrected chi connectivity index (χ3v) is 6.38. The maximum Gasteiger partial charge on any atom is 0.326 e. The van der Waals surface area contributed by atoms with Gasteiger partial charge in [0.25, 0.3) is 5.91 Å². The van der Waals surface area contributed by atoms with Crippen molar-refractivity contribution in [3.05, 3.63) is 41.0 Å². The van der Waals surface area contributed by atoms with E-state index in [2.05, 4.69) is 10.1 Å². The minimum Gasteiger partial charge on any atom is -0.465 e. The zero-order valence-electron chi connectivity index (χ0n) is 17.0. The standard InChI is InChI=1S/C19H22N4O5S2/c1-5-28-17(24)11-22-15-7-6-13(30(4,26)27)10-16(15)29-19(22)20-18(25)14-8-9-23(21-14)12(2)3/h6-10,12H,5,11H2,1-4H3. The Hall–Kier alpha value is -2.79. The molecule has 0 aliphatic carbocycles. The van der Waals surface area contributed by atoms with Crippen molar-refractivity contribution in [2.45, 2.75) is 38.3 Å². The zero-order valence-corrected chi connectivity index (χ0v) is 18.7. The number of amides is 1. The molecule has 0 radical (unpaired) electrons. The summed E-state index contributed by atoms with van der Waals surface area (Å²) in [4.78, 5) is 29.3. The summed E-state index contributed by atoms with van der Waals surface area (Å²) >= 11 is 1.12. The van der Waals surface area contributed by atoms with Gasteiger partial charge in [-0.2, -0.15) is 10.1 Å². The van der Waals surface area contributed by atoms with Crippen LogP contribution in [0.25, 0.3) is 10.2 Å². The summed E-state index contributed by atoms with van der Waals surface area (Å²) < 4.78 is 32.6. The molecule has 0 saturated heterocycles. The van der Waals surface area contributed by atoms with Crippen LogP contribution < -0.4 is 4.80 Å². The number of hydrogen-bond acceptors (Lipinski definition) is 7. The van der Waals surface area contributed by atoms with E-state index in [1.807, 2.05) is 13.8 Å². The fourth-order valence-corrected chi connectivity index (χ4v) is 4.53. The summed E-state index contributed by atoms with van der Waals surface area (Å²) in [5.41, 5.74) is 0.764. The normalized spacial score (nSPS) is 12.6. The number of benzene rings is 1. The zero-order chi connectivity index (χ0) is 22.1. The molecule has 0 bridgehead atoms. The molecule has 160 valence electrons. The first-order valence-electron chi connectivity index (χ1n) is 9.23. The number of rotatable bonds is 6. The topological polar surface area (TPSA) is 113 Å². The molecule has 3 rings (SSSR count). The number of aromatic nitrogens is 3. The average molecular weight is 451 g/mol. The molecule has 0 aliphatic rings. The predicted octanol–water partition coefficient (Wildman–Crippen LogP) is 2.19. The first-order chi connectivity index (χ1) is 14.1. The minimum absolute atomic E-state index is 0.0963. The van der Waals surface area contributed by atoms with E-state index in [0.717, 1.165) is 17.6 Å². The maximum atomic E-state index is 12.7. The molecular weight excluding hydrogens is 428 g/mol. The van der Waals surface area contributed by atoms with E-state index in [-0.39, 0.29) is 34.6 Å². The number of nitrogens with zero attached hydrogens (tertiary/aromatic N) is 4. The van der Waals surface area contributed by atoms with Crippen LogP contribution in [0.4, 0.5) is 0 Å². The van der Waals surface area contributed by atoms with Gasteiger partial charge >= 0.3 is 5.97 Å². The number of hydrogen-bond donors (Lipinski definition) is 0. The number of thiazole rings is 1. The smallest absolute Gasteiger partial charge is 0.326 e. The maximum absolute atomic E-state index is 12.7. The second-order valence-corrected chi connectivity index (χ2v) is 9.89. The third-order valence-electron chi connectivity index (χ3n) is 4.23. The molecule has 0 spiro atoms. The number of carbonyl (C=O) groups is 2. The molecule has 3 aromatic rings. The largest absolute Gasteiger partial charge is 0.465 e. The second kappa shape index (κ2) is 8.52. The van der Waals surface area contributed by atoms with Crippen molar-refractivity contribution < 1.29 is 22.7 Å². The van der Waals surface area contributed by atoms with Gasteiger partial charge in [0, 0.05) is 18.5 Å². The van der Waals surface area contributed by atoms with Gasteiger partial charge in [0.2, 0.25) is 0 Å². The second-order valence-electron chi connectivity index (χ2n) is 6.87.